The van der Waals surface area contributed by atoms with Gasteiger partial charge < -0.3 is 15.2 Å². The molecule has 29 heavy (non-hydrogen) atoms. The van der Waals surface area contributed by atoms with E-state index < -0.39 is 4.92 Å². The molecule has 2 N–H and O–H groups in total. The van der Waals surface area contributed by atoms with Gasteiger partial charge in [0.1, 0.15) is 0 Å². The fraction of sp³-hybridized carbons (Fsp3) is 0.158. The van der Waals surface area contributed by atoms with Crippen molar-refractivity contribution in [1.82, 2.24) is 5.32 Å². The molecule has 2 aromatic carbocycles. The molecule has 8 nitrogen and oxygen atoms in total. The molecule has 0 aliphatic carbocycles. The van der Waals surface area contributed by atoms with Crippen molar-refractivity contribution in [1.29, 1.82) is 0 Å². The lowest BCUT2D eigenvalue weighted by Gasteiger charge is -2.07. The molecule has 0 aromatic heterocycles. The first-order valence-corrected chi connectivity index (χ1v) is 9.92. The van der Waals surface area contributed by atoms with Crippen LogP contribution >= 0.6 is 27.7 Å². The molecule has 150 valence electrons. The van der Waals surface area contributed by atoms with E-state index in [-0.39, 0.29) is 23.1 Å². The molecule has 0 radical (unpaired) electrons. The Bertz CT molecular complexity index is 1100. The van der Waals surface area contributed by atoms with Crippen molar-refractivity contribution in [3.05, 3.63) is 60.4 Å². The first-order chi connectivity index (χ1) is 13.7. The second kappa shape index (κ2) is 8.26. The molecule has 1 aliphatic rings. The lowest BCUT2D eigenvalue weighted by Crippen LogP contribution is -2.19. The Morgan fingerprint density at radius 1 is 1.31 bits per heavy atom. The van der Waals surface area contributed by atoms with E-state index >= 15 is 0 Å². The van der Waals surface area contributed by atoms with Gasteiger partial charge in [0.25, 0.3) is 11.6 Å². The minimum absolute atomic E-state index is 0.0272. The number of phenols is 1. The number of phenolic OH excluding ortho intramolecular Hbond substituents is 1. The van der Waals surface area contributed by atoms with E-state index in [4.69, 9.17) is 4.74 Å². The van der Waals surface area contributed by atoms with Crippen molar-refractivity contribution < 1.29 is 19.6 Å². The zero-order valence-electron chi connectivity index (χ0n) is 15.6. The molecule has 2 aromatic rings. The molecule has 0 spiro atoms. The van der Waals surface area contributed by atoms with Crippen molar-refractivity contribution in [2.24, 2.45) is 4.99 Å². The zero-order valence-corrected chi connectivity index (χ0v) is 18.1. The van der Waals surface area contributed by atoms with Crippen LogP contribution in [0.25, 0.3) is 6.08 Å². The highest BCUT2D eigenvalue weighted by Crippen LogP contribution is 2.37. The number of methoxy groups -OCH3 is 1. The number of amidine groups is 1. The van der Waals surface area contributed by atoms with Gasteiger partial charge >= 0.3 is 0 Å². The number of benzene rings is 2. The van der Waals surface area contributed by atoms with Crippen LogP contribution in [0.5, 0.6) is 11.5 Å². The predicted octanol–water partition coefficient (Wildman–Crippen LogP) is 4.58. The molecule has 1 saturated heterocycles. The minimum atomic E-state index is -0.457. The normalized spacial score (nSPS) is 16.3. The van der Waals surface area contributed by atoms with Gasteiger partial charge in [-0.3, -0.25) is 14.9 Å². The summed E-state index contributed by atoms with van der Waals surface area (Å²) >= 11 is 4.41. The van der Waals surface area contributed by atoms with E-state index in [1.807, 2.05) is 0 Å². The summed E-state index contributed by atoms with van der Waals surface area (Å²) in [5.74, 6) is -0.205. The molecule has 1 heterocycles. The van der Waals surface area contributed by atoms with E-state index in [0.717, 1.165) is 17.3 Å². The summed E-state index contributed by atoms with van der Waals surface area (Å²) in [6, 6.07) is 6.35. The molecule has 0 unspecified atom stereocenters. The van der Waals surface area contributed by atoms with Crippen molar-refractivity contribution in [3.63, 3.8) is 0 Å². The number of carbonyl (C=O) groups excluding carboxylic acids is 1. The maximum absolute atomic E-state index is 12.3. The van der Waals surface area contributed by atoms with Crippen LogP contribution in [0, 0.1) is 24.0 Å². The second-order valence-electron chi connectivity index (χ2n) is 6.19. The van der Waals surface area contributed by atoms with E-state index in [1.165, 1.54) is 19.3 Å². The standard InChI is InChI=1S/C19H16BrN3O5S/c1-9-4-13(8-14(10(9)2)23(26)27)21-19-22-18(25)16(29-19)6-11-5-12(20)7-15(28-3)17(11)24/h4-8,24H,1-3H3,(H,21,22,25)/b16-6-. The Morgan fingerprint density at radius 2 is 2.03 bits per heavy atom. The molecular formula is C19H16BrN3O5S. The summed E-state index contributed by atoms with van der Waals surface area (Å²) < 4.78 is 5.79. The van der Waals surface area contributed by atoms with Crippen LogP contribution in [-0.2, 0) is 4.79 Å². The van der Waals surface area contributed by atoms with Gasteiger partial charge in [-0.1, -0.05) is 15.9 Å². The molecule has 0 bridgehead atoms. The van der Waals surface area contributed by atoms with Gasteiger partial charge in [-0.2, -0.15) is 0 Å². The van der Waals surface area contributed by atoms with Crippen molar-refractivity contribution >= 4 is 56.2 Å². The number of hydrogen-bond donors (Lipinski definition) is 2. The van der Waals surface area contributed by atoms with E-state index in [1.54, 1.807) is 32.0 Å². The van der Waals surface area contributed by atoms with Gasteiger partial charge in [0.2, 0.25) is 0 Å². The molecule has 1 fully saturated rings. The smallest absolute Gasteiger partial charge is 0.274 e. The topological polar surface area (TPSA) is 114 Å². The Kier molecular flexibility index (Phi) is 5.94. The fourth-order valence-corrected chi connectivity index (χ4v) is 3.96. The highest BCUT2D eigenvalue weighted by molar-refractivity contribution is 9.10. The fourth-order valence-electron chi connectivity index (χ4n) is 2.68. The molecule has 1 amide bonds. The number of nitro benzene ring substituents is 1. The monoisotopic (exact) mass is 477 g/mol. The van der Waals surface area contributed by atoms with Crippen LogP contribution in [-0.4, -0.2) is 28.2 Å². The maximum atomic E-state index is 12.3. The predicted molar refractivity (Wildman–Crippen MR) is 116 cm³/mol. The van der Waals surface area contributed by atoms with Gasteiger partial charge in [-0.15, -0.1) is 0 Å². The van der Waals surface area contributed by atoms with Crippen molar-refractivity contribution in [2.45, 2.75) is 13.8 Å². The van der Waals surface area contributed by atoms with Crippen molar-refractivity contribution in [3.8, 4) is 11.5 Å². The van der Waals surface area contributed by atoms with Crippen LogP contribution in [0.2, 0.25) is 0 Å². The number of nitrogens with one attached hydrogen (secondary N) is 1. The average Bonchev–Trinajstić information content (AvgIpc) is 2.99. The summed E-state index contributed by atoms with van der Waals surface area (Å²) in [4.78, 5) is 27.7. The van der Waals surface area contributed by atoms with E-state index in [2.05, 4.69) is 26.2 Å². The number of carbonyl (C=O) groups is 1. The third-order valence-electron chi connectivity index (χ3n) is 4.28. The lowest BCUT2D eigenvalue weighted by atomic mass is 10.1. The number of nitrogens with zero attached hydrogens (tertiary/aromatic N) is 2. The highest BCUT2D eigenvalue weighted by Gasteiger charge is 2.25. The summed E-state index contributed by atoms with van der Waals surface area (Å²) in [5.41, 5.74) is 2.05. The van der Waals surface area contributed by atoms with E-state index in [0.29, 0.717) is 31.4 Å². The molecule has 10 heteroatoms. The second-order valence-corrected chi connectivity index (χ2v) is 8.14. The molecule has 3 rings (SSSR count). The summed E-state index contributed by atoms with van der Waals surface area (Å²) in [6.45, 7) is 3.44. The first kappa shape index (κ1) is 20.9. The van der Waals surface area contributed by atoms with Gasteiger partial charge in [-0.25, -0.2) is 4.99 Å². The Hall–Kier alpha value is -2.85. The Morgan fingerprint density at radius 3 is 2.69 bits per heavy atom. The number of rotatable bonds is 4. The van der Waals surface area contributed by atoms with Gasteiger partial charge in [-0.05, 0) is 55.4 Å². The number of halogens is 1. The Balaban J connectivity index is 1.95. The van der Waals surface area contributed by atoms with Crippen molar-refractivity contribution in [2.75, 3.05) is 7.11 Å². The number of thioether (sulfide) groups is 1. The average molecular weight is 478 g/mol. The summed E-state index contributed by atoms with van der Waals surface area (Å²) in [7, 11) is 1.43. The molecular weight excluding hydrogens is 462 g/mol. The first-order valence-electron chi connectivity index (χ1n) is 8.31. The summed E-state index contributed by atoms with van der Waals surface area (Å²) in [6.07, 6.45) is 1.52. The van der Waals surface area contributed by atoms with E-state index in [9.17, 15) is 20.0 Å². The van der Waals surface area contributed by atoms with Gasteiger partial charge in [0.05, 0.1) is 22.6 Å². The number of ether oxygens (including phenoxy) is 1. The SMILES string of the molecule is COc1cc(Br)cc(/C=C2\SC(=Nc3cc(C)c(C)c([N+](=O)[O-])c3)NC2=O)c1O. The maximum Gasteiger partial charge on any atom is 0.274 e. The Labute approximate surface area is 179 Å². The number of hydrogen-bond acceptors (Lipinski definition) is 7. The van der Waals surface area contributed by atoms with Crippen LogP contribution in [0.3, 0.4) is 0 Å². The molecule has 0 atom stereocenters. The number of nitro groups is 1. The number of aromatic hydroxyl groups is 1. The number of aryl methyl sites for hydroxylation is 1. The van der Waals surface area contributed by atoms with Gasteiger partial charge in [0, 0.05) is 21.7 Å². The molecule has 0 saturated carbocycles. The third kappa shape index (κ3) is 4.43. The third-order valence-corrected chi connectivity index (χ3v) is 5.65. The lowest BCUT2D eigenvalue weighted by molar-refractivity contribution is -0.385. The summed E-state index contributed by atoms with van der Waals surface area (Å²) in [5, 5.41) is 24.4. The van der Waals surface area contributed by atoms with Gasteiger partial charge in [0.15, 0.2) is 16.7 Å². The number of amides is 1. The van der Waals surface area contributed by atoms with Crippen LogP contribution < -0.4 is 10.1 Å². The highest BCUT2D eigenvalue weighted by atomic mass is 79.9. The van der Waals surface area contributed by atoms with Crippen LogP contribution in [0.15, 0.2) is 38.6 Å². The van der Waals surface area contributed by atoms with Crippen LogP contribution in [0.4, 0.5) is 11.4 Å². The quantitative estimate of drug-likeness (QED) is 0.378. The van der Waals surface area contributed by atoms with Crippen LogP contribution in [0.1, 0.15) is 16.7 Å². The number of aliphatic imine (C=N–C) groups is 1. The largest absolute Gasteiger partial charge is 0.504 e. The minimum Gasteiger partial charge on any atom is -0.504 e. The zero-order chi connectivity index (χ0) is 21.3. The molecule has 1 aliphatic heterocycles.